The summed E-state index contributed by atoms with van der Waals surface area (Å²) in [5, 5.41) is 0. The van der Waals surface area contributed by atoms with E-state index in [2.05, 4.69) is 5.43 Å². The second-order valence-electron chi connectivity index (χ2n) is 8.41. The quantitative estimate of drug-likeness (QED) is 0.704. The van der Waals surface area contributed by atoms with Crippen LogP contribution in [0.5, 0.6) is 5.75 Å². The van der Waals surface area contributed by atoms with Crippen LogP contribution in [0, 0.1) is 0 Å². The van der Waals surface area contributed by atoms with Crippen molar-refractivity contribution in [3.63, 3.8) is 0 Å². The minimum absolute atomic E-state index is 0.146. The highest BCUT2D eigenvalue weighted by Crippen LogP contribution is 2.24. The molecule has 2 aliphatic heterocycles. The molecule has 0 spiro atoms. The second-order valence-corrected chi connectivity index (χ2v) is 8.41. The van der Waals surface area contributed by atoms with Gasteiger partial charge in [0.15, 0.2) is 5.69 Å². The predicted octanol–water partition coefficient (Wildman–Crippen LogP) is 0.840. The van der Waals surface area contributed by atoms with E-state index in [-0.39, 0.29) is 12.3 Å². The molecule has 0 aliphatic carbocycles. The molecule has 0 saturated carbocycles. The molecule has 11 heteroatoms. The number of nitrogens with zero attached hydrogens (tertiary/aromatic N) is 2. The number of hydrogen-bond donors (Lipinski definition) is 1. The number of esters is 1. The number of pyridine rings is 1. The summed E-state index contributed by atoms with van der Waals surface area (Å²) in [6.07, 6.45) is -0.356. The van der Waals surface area contributed by atoms with E-state index in [1.807, 2.05) is 0 Å². The molecule has 30 heavy (non-hydrogen) atoms. The van der Waals surface area contributed by atoms with Crippen molar-refractivity contribution in [2.24, 2.45) is 0 Å². The number of ether oxygens (including phenoxy) is 4. The smallest absolute Gasteiger partial charge is 0.457 e. The third kappa shape index (κ3) is 4.40. The Morgan fingerprint density at radius 1 is 1.17 bits per heavy atom. The average Bonchev–Trinajstić information content (AvgIpc) is 2.62. The minimum Gasteiger partial charge on any atom is -0.457 e. The Morgan fingerprint density at radius 3 is 2.53 bits per heavy atom. The molecule has 1 saturated heterocycles. The summed E-state index contributed by atoms with van der Waals surface area (Å²) in [5.74, 6) is -1.77. The Bertz CT molecular complexity index is 931. The molecule has 3 rings (SSSR count). The molecule has 164 valence electrons. The number of hydrogen-bond acceptors (Lipinski definition) is 9. The molecule has 0 radical (unpaired) electrons. The number of nitrogens with one attached hydrogen (secondary N) is 1. The first kappa shape index (κ1) is 21.6. The van der Waals surface area contributed by atoms with E-state index in [9.17, 15) is 19.2 Å². The third-order valence-corrected chi connectivity index (χ3v) is 4.35. The zero-order valence-electron chi connectivity index (χ0n) is 17.5. The summed E-state index contributed by atoms with van der Waals surface area (Å²) in [6, 6.07) is 1.14. The van der Waals surface area contributed by atoms with Gasteiger partial charge in [-0.15, -0.1) is 0 Å². The summed E-state index contributed by atoms with van der Waals surface area (Å²) < 4.78 is 22.1. The van der Waals surface area contributed by atoms with Crippen LogP contribution in [-0.4, -0.2) is 64.7 Å². The van der Waals surface area contributed by atoms with Gasteiger partial charge >= 0.3 is 12.1 Å². The van der Waals surface area contributed by atoms with Crippen LogP contribution in [0.25, 0.3) is 0 Å². The lowest BCUT2D eigenvalue weighted by atomic mass is 10.1. The van der Waals surface area contributed by atoms with Crippen LogP contribution < -0.4 is 15.6 Å². The lowest BCUT2D eigenvalue weighted by Crippen LogP contribution is -2.59. The van der Waals surface area contributed by atoms with Crippen molar-refractivity contribution in [1.29, 1.82) is 0 Å². The van der Waals surface area contributed by atoms with Crippen LogP contribution in [0.15, 0.2) is 17.1 Å². The highest BCUT2D eigenvalue weighted by atomic mass is 16.7. The molecule has 1 fully saturated rings. The Balaban J connectivity index is 1.82. The van der Waals surface area contributed by atoms with Gasteiger partial charge < -0.3 is 29.3 Å². The highest BCUT2D eigenvalue weighted by molar-refractivity contribution is 5.97. The van der Waals surface area contributed by atoms with Gasteiger partial charge in [0.25, 0.3) is 5.91 Å². The standard InChI is InChI=1S/C19H25N3O8/c1-18(2,3)29-16(25)19(4,5)30-17(26)28-14-11(23)6-7-22-13(14)15(24)21-8-9-27-10-12(21)20-22/h6-7,12,20H,8-10H2,1-5H3/t12-/m0/s1. The number of carbonyl (C=O) groups is 3. The summed E-state index contributed by atoms with van der Waals surface area (Å²) >= 11 is 0. The summed E-state index contributed by atoms with van der Waals surface area (Å²) in [4.78, 5) is 51.4. The fourth-order valence-corrected chi connectivity index (χ4v) is 2.93. The van der Waals surface area contributed by atoms with Crippen molar-refractivity contribution in [1.82, 2.24) is 9.58 Å². The zero-order valence-corrected chi connectivity index (χ0v) is 17.5. The van der Waals surface area contributed by atoms with Gasteiger partial charge in [-0.3, -0.25) is 14.3 Å². The summed E-state index contributed by atoms with van der Waals surface area (Å²) in [7, 11) is 0. The van der Waals surface area contributed by atoms with Gasteiger partial charge in [-0.2, -0.15) is 0 Å². The Morgan fingerprint density at radius 2 is 1.87 bits per heavy atom. The van der Waals surface area contributed by atoms with Crippen LogP contribution in [0.3, 0.4) is 0 Å². The molecule has 1 aromatic heterocycles. The van der Waals surface area contributed by atoms with Gasteiger partial charge in [-0.05, 0) is 34.6 Å². The summed E-state index contributed by atoms with van der Waals surface area (Å²) in [6.45, 7) is 8.63. The van der Waals surface area contributed by atoms with E-state index >= 15 is 0 Å². The summed E-state index contributed by atoms with van der Waals surface area (Å²) in [5.41, 5.74) is -0.276. The fraction of sp³-hybridized carbons (Fsp3) is 0.579. The number of amides is 1. The van der Waals surface area contributed by atoms with E-state index in [0.29, 0.717) is 13.2 Å². The van der Waals surface area contributed by atoms with Crippen molar-refractivity contribution in [2.45, 2.75) is 52.0 Å². The maximum atomic E-state index is 12.9. The van der Waals surface area contributed by atoms with Crippen LogP contribution >= 0.6 is 0 Å². The molecular formula is C19H25N3O8. The van der Waals surface area contributed by atoms with Crippen molar-refractivity contribution in [3.8, 4) is 5.75 Å². The zero-order chi connectivity index (χ0) is 22.3. The van der Waals surface area contributed by atoms with E-state index in [4.69, 9.17) is 18.9 Å². The maximum absolute atomic E-state index is 12.9. The Kier molecular flexibility index (Phi) is 5.50. The molecule has 1 aromatic rings. The molecule has 0 aromatic carbocycles. The molecule has 2 aliphatic rings. The first-order chi connectivity index (χ1) is 13.9. The number of carbonyl (C=O) groups excluding carboxylic acids is 3. The van der Waals surface area contributed by atoms with Gasteiger partial charge in [0, 0.05) is 18.8 Å². The molecular weight excluding hydrogens is 398 g/mol. The normalized spacial score (nSPS) is 18.6. The van der Waals surface area contributed by atoms with Gasteiger partial charge in [-0.25, -0.2) is 9.59 Å². The SMILES string of the molecule is CC(C)(C)OC(=O)C(C)(C)OC(=O)Oc1c2n(ccc1=O)N[C@@H]1COCCN1C2=O. The Labute approximate surface area is 172 Å². The first-order valence-corrected chi connectivity index (χ1v) is 9.44. The third-order valence-electron chi connectivity index (χ3n) is 4.35. The molecule has 1 amide bonds. The minimum atomic E-state index is -1.67. The first-order valence-electron chi connectivity index (χ1n) is 9.44. The van der Waals surface area contributed by atoms with Crippen LogP contribution in [-0.2, 0) is 19.0 Å². The van der Waals surface area contributed by atoms with E-state index < -0.39 is 46.6 Å². The number of fused-ring (bicyclic) bond motifs is 2. The topological polar surface area (TPSA) is 125 Å². The molecule has 3 heterocycles. The van der Waals surface area contributed by atoms with Crippen molar-refractivity contribution >= 4 is 18.0 Å². The average molecular weight is 423 g/mol. The lowest BCUT2D eigenvalue weighted by molar-refractivity contribution is -0.174. The lowest BCUT2D eigenvalue weighted by Gasteiger charge is -2.41. The largest absolute Gasteiger partial charge is 0.515 e. The van der Waals surface area contributed by atoms with Crippen LogP contribution in [0.4, 0.5) is 4.79 Å². The fourth-order valence-electron chi connectivity index (χ4n) is 2.93. The van der Waals surface area contributed by atoms with E-state index in [1.165, 1.54) is 29.6 Å². The number of rotatable bonds is 3. The second kappa shape index (κ2) is 7.63. The van der Waals surface area contributed by atoms with Gasteiger partial charge in [0.2, 0.25) is 16.8 Å². The van der Waals surface area contributed by atoms with E-state index in [1.54, 1.807) is 20.8 Å². The number of aromatic nitrogens is 1. The van der Waals surface area contributed by atoms with E-state index in [0.717, 1.165) is 6.07 Å². The Hall–Kier alpha value is -3.08. The van der Waals surface area contributed by atoms with Crippen LogP contribution in [0.2, 0.25) is 0 Å². The van der Waals surface area contributed by atoms with Gasteiger partial charge in [0.1, 0.15) is 11.8 Å². The monoisotopic (exact) mass is 423 g/mol. The molecule has 11 nitrogen and oxygen atoms in total. The molecule has 0 bridgehead atoms. The van der Waals surface area contributed by atoms with Gasteiger partial charge in [0.05, 0.1) is 13.2 Å². The predicted molar refractivity (Wildman–Crippen MR) is 103 cm³/mol. The molecule has 0 unspecified atom stereocenters. The highest BCUT2D eigenvalue weighted by Gasteiger charge is 2.40. The van der Waals surface area contributed by atoms with Gasteiger partial charge in [-0.1, -0.05) is 0 Å². The van der Waals surface area contributed by atoms with Crippen molar-refractivity contribution < 1.29 is 33.3 Å². The molecule has 1 atom stereocenters. The van der Waals surface area contributed by atoms with Crippen molar-refractivity contribution in [3.05, 3.63) is 28.2 Å². The van der Waals surface area contributed by atoms with Crippen LogP contribution in [0.1, 0.15) is 45.1 Å². The maximum Gasteiger partial charge on any atom is 0.515 e. The number of morpholine rings is 1. The molecule has 1 N–H and O–H groups in total. The van der Waals surface area contributed by atoms with Crippen molar-refractivity contribution in [2.75, 3.05) is 25.2 Å².